The number of likely N-dealkylation sites (N-methyl/N-ethyl adjacent to an activating group) is 1. The average molecular weight is 473 g/mol. The van der Waals surface area contributed by atoms with Gasteiger partial charge in [-0.1, -0.05) is 49.7 Å². The van der Waals surface area contributed by atoms with Gasteiger partial charge in [-0.25, -0.2) is 0 Å². The molecule has 0 aromatic heterocycles. The van der Waals surface area contributed by atoms with E-state index >= 15 is 0 Å². The first-order chi connectivity index (χ1) is 16.1. The number of halogens is 1. The molecule has 3 aliphatic rings. The lowest BCUT2D eigenvalue weighted by Gasteiger charge is -2.47. The number of hydrogen-bond donors (Lipinski definition) is 1. The van der Waals surface area contributed by atoms with E-state index in [0.717, 1.165) is 5.56 Å². The predicted molar refractivity (Wildman–Crippen MR) is 132 cm³/mol. The molecule has 2 aromatic rings. The van der Waals surface area contributed by atoms with Crippen LogP contribution in [0.25, 0.3) is 0 Å². The number of nitrogens with two attached hydrogens (primary N) is 1. The van der Waals surface area contributed by atoms with E-state index in [2.05, 4.69) is 6.07 Å². The molecule has 0 radical (unpaired) electrons. The molecule has 0 bridgehead atoms. The van der Waals surface area contributed by atoms with Crippen molar-refractivity contribution in [3.05, 3.63) is 81.3 Å². The summed E-state index contributed by atoms with van der Waals surface area (Å²) in [7, 11) is 1.67. The highest BCUT2D eigenvalue weighted by atomic mass is 35.5. The fourth-order valence-corrected chi connectivity index (χ4v) is 5.95. The molecule has 172 valence electrons. The number of nitrogens with zero attached hydrogens (tertiary/aromatic N) is 3. The average Bonchev–Trinajstić information content (AvgIpc) is 2.99. The van der Waals surface area contributed by atoms with E-state index in [4.69, 9.17) is 17.3 Å². The summed E-state index contributed by atoms with van der Waals surface area (Å²) >= 11 is 6.45. The standard InChI is InChI=1S/C27H25ClN4O2/c1-15-18(28)9-7-11-19(15)32-21-12-26(2,3)13-22(33)23(21)27(17(14-29)24(32)30)16-8-5-6-10-20(16)31(4)25(27)34/h5-11H,12-13,30H2,1-4H3. The molecule has 0 fully saturated rings. The molecule has 5 rings (SSSR count). The molecule has 1 aliphatic carbocycles. The molecule has 2 aliphatic heterocycles. The van der Waals surface area contributed by atoms with Crippen molar-refractivity contribution >= 4 is 34.7 Å². The lowest BCUT2D eigenvalue weighted by atomic mass is 9.60. The number of amides is 1. The van der Waals surface area contributed by atoms with Crippen LogP contribution in [0.3, 0.4) is 0 Å². The van der Waals surface area contributed by atoms with Crippen LogP contribution < -0.4 is 15.5 Å². The quantitative estimate of drug-likeness (QED) is 0.648. The van der Waals surface area contributed by atoms with Crippen molar-refractivity contribution in [3.8, 4) is 6.07 Å². The summed E-state index contributed by atoms with van der Waals surface area (Å²) < 4.78 is 0. The first kappa shape index (κ1) is 22.2. The Morgan fingerprint density at radius 1 is 1.06 bits per heavy atom. The minimum atomic E-state index is -1.56. The summed E-state index contributed by atoms with van der Waals surface area (Å²) in [5.74, 6) is -0.332. The van der Waals surface area contributed by atoms with Gasteiger partial charge in [-0.2, -0.15) is 5.26 Å². The van der Waals surface area contributed by atoms with Crippen LogP contribution >= 0.6 is 11.6 Å². The molecule has 7 heteroatoms. The molecule has 0 saturated heterocycles. The molecule has 1 amide bonds. The first-order valence-electron chi connectivity index (χ1n) is 11.2. The number of allylic oxidation sites excluding steroid dienone is 1. The third-order valence-electron chi connectivity index (χ3n) is 7.26. The predicted octanol–water partition coefficient (Wildman–Crippen LogP) is 4.72. The maximum absolute atomic E-state index is 14.0. The van der Waals surface area contributed by atoms with Crippen molar-refractivity contribution in [2.45, 2.75) is 39.0 Å². The zero-order valence-corrected chi connectivity index (χ0v) is 20.3. The number of carbonyl (C=O) groups is 2. The molecular weight excluding hydrogens is 448 g/mol. The van der Waals surface area contributed by atoms with E-state index in [1.54, 1.807) is 18.0 Å². The van der Waals surface area contributed by atoms with Crippen LogP contribution in [0.5, 0.6) is 0 Å². The molecule has 34 heavy (non-hydrogen) atoms. The number of fused-ring (bicyclic) bond motifs is 3. The van der Waals surface area contributed by atoms with Crippen LogP contribution in [0.2, 0.25) is 5.02 Å². The van der Waals surface area contributed by atoms with Gasteiger partial charge in [0.25, 0.3) is 0 Å². The molecule has 1 unspecified atom stereocenters. The molecule has 6 nitrogen and oxygen atoms in total. The highest BCUT2D eigenvalue weighted by molar-refractivity contribution is 6.31. The Morgan fingerprint density at radius 2 is 1.74 bits per heavy atom. The fourth-order valence-electron chi connectivity index (χ4n) is 5.78. The first-order valence-corrected chi connectivity index (χ1v) is 11.5. The number of rotatable bonds is 1. The van der Waals surface area contributed by atoms with E-state index in [0.29, 0.717) is 39.7 Å². The summed E-state index contributed by atoms with van der Waals surface area (Å²) in [5.41, 5.74) is 8.69. The van der Waals surface area contributed by atoms with Crippen molar-refractivity contribution in [2.24, 2.45) is 11.1 Å². The highest BCUT2D eigenvalue weighted by Crippen LogP contribution is 2.58. The molecular formula is C27H25ClN4O2. The Hall–Kier alpha value is -3.56. The van der Waals surface area contributed by atoms with Gasteiger partial charge in [0, 0.05) is 41.0 Å². The Morgan fingerprint density at radius 3 is 2.44 bits per heavy atom. The monoisotopic (exact) mass is 472 g/mol. The normalized spacial score (nSPS) is 23.4. The second kappa shape index (κ2) is 7.22. The summed E-state index contributed by atoms with van der Waals surface area (Å²) in [6, 6.07) is 15.0. The topological polar surface area (TPSA) is 90.4 Å². The second-order valence-electron chi connectivity index (χ2n) is 9.99. The summed E-state index contributed by atoms with van der Waals surface area (Å²) in [6.07, 6.45) is 0.786. The van der Waals surface area contributed by atoms with E-state index in [1.165, 1.54) is 4.90 Å². The van der Waals surface area contributed by atoms with Crippen molar-refractivity contribution in [2.75, 3.05) is 16.8 Å². The van der Waals surface area contributed by atoms with E-state index in [-0.39, 0.29) is 34.9 Å². The molecule has 2 heterocycles. The number of Topliss-reactive ketones (excluding diaryl/α,β-unsaturated/α-hetero) is 1. The fraction of sp³-hybridized carbons (Fsp3) is 0.296. The molecule has 1 spiro atoms. The van der Waals surface area contributed by atoms with Crippen LogP contribution in [-0.4, -0.2) is 18.7 Å². The summed E-state index contributed by atoms with van der Waals surface area (Å²) in [5, 5.41) is 11.0. The van der Waals surface area contributed by atoms with Crippen LogP contribution in [0.4, 0.5) is 11.4 Å². The van der Waals surface area contributed by atoms with E-state index < -0.39 is 5.41 Å². The molecule has 2 N–H and O–H groups in total. The van der Waals surface area contributed by atoms with Crippen molar-refractivity contribution in [1.82, 2.24) is 0 Å². The Balaban J connectivity index is 1.94. The Bertz CT molecular complexity index is 1400. The largest absolute Gasteiger partial charge is 0.384 e. The van der Waals surface area contributed by atoms with Gasteiger partial charge in [-0.15, -0.1) is 0 Å². The van der Waals surface area contributed by atoms with Crippen molar-refractivity contribution < 1.29 is 9.59 Å². The lowest BCUT2D eigenvalue weighted by molar-refractivity contribution is -0.124. The van der Waals surface area contributed by atoms with Crippen molar-refractivity contribution in [1.29, 1.82) is 5.26 Å². The van der Waals surface area contributed by atoms with Crippen LogP contribution in [0, 0.1) is 23.7 Å². The van der Waals surface area contributed by atoms with Crippen LogP contribution in [0.1, 0.15) is 37.8 Å². The van der Waals surface area contributed by atoms with Gasteiger partial charge >= 0.3 is 0 Å². The molecule has 0 saturated carbocycles. The van der Waals surface area contributed by atoms with Gasteiger partial charge in [0.15, 0.2) is 5.78 Å². The van der Waals surface area contributed by atoms with Gasteiger partial charge in [0.05, 0.1) is 11.3 Å². The zero-order chi connectivity index (χ0) is 24.6. The summed E-state index contributed by atoms with van der Waals surface area (Å²) in [6.45, 7) is 5.93. The third-order valence-corrected chi connectivity index (χ3v) is 7.67. The second-order valence-corrected chi connectivity index (χ2v) is 10.4. The molecule has 2 aromatic carbocycles. The number of carbonyl (C=O) groups excluding carboxylic acids is 2. The van der Waals surface area contributed by atoms with Gasteiger partial charge in [-0.05, 0) is 42.5 Å². The van der Waals surface area contributed by atoms with Gasteiger partial charge in [0.1, 0.15) is 17.3 Å². The van der Waals surface area contributed by atoms with Gasteiger partial charge in [-0.3, -0.25) is 14.5 Å². The number of nitriles is 1. The highest BCUT2D eigenvalue weighted by Gasteiger charge is 2.62. The van der Waals surface area contributed by atoms with Gasteiger partial charge < -0.3 is 10.6 Å². The Labute approximate surface area is 203 Å². The SMILES string of the molecule is Cc1c(Cl)cccc1N1C(N)=C(C#N)C2(C(=O)N(C)c3ccccc32)C2=C1CC(C)(C)CC2=O. The summed E-state index contributed by atoms with van der Waals surface area (Å²) in [4.78, 5) is 31.2. The Kier molecular flexibility index (Phi) is 4.72. The van der Waals surface area contributed by atoms with Crippen molar-refractivity contribution in [3.63, 3.8) is 0 Å². The number of anilines is 2. The number of para-hydroxylation sites is 1. The third kappa shape index (κ3) is 2.68. The smallest absolute Gasteiger partial charge is 0.247 e. The number of ketones is 1. The van der Waals surface area contributed by atoms with Crippen LogP contribution in [-0.2, 0) is 15.0 Å². The van der Waals surface area contributed by atoms with Crippen LogP contribution in [0.15, 0.2) is 65.1 Å². The van der Waals surface area contributed by atoms with E-state index in [9.17, 15) is 14.9 Å². The zero-order valence-electron chi connectivity index (χ0n) is 19.6. The number of hydrogen-bond acceptors (Lipinski definition) is 5. The molecule has 1 atom stereocenters. The minimum Gasteiger partial charge on any atom is -0.384 e. The number of benzene rings is 2. The lowest BCUT2D eigenvalue weighted by Crippen LogP contribution is -2.53. The van der Waals surface area contributed by atoms with Gasteiger partial charge in [0.2, 0.25) is 5.91 Å². The van der Waals surface area contributed by atoms with E-state index in [1.807, 2.05) is 57.2 Å². The maximum atomic E-state index is 14.0. The minimum absolute atomic E-state index is 0.0699. The maximum Gasteiger partial charge on any atom is 0.247 e.